The van der Waals surface area contributed by atoms with E-state index >= 15 is 0 Å². The molecule has 2 nitrogen and oxygen atoms in total. The molecule has 1 saturated heterocycles. The van der Waals surface area contributed by atoms with E-state index in [9.17, 15) is 4.79 Å². The van der Waals surface area contributed by atoms with Gasteiger partial charge in [0.2, 0.25) is 0 Å². The highest BCUT2D eigenvalue weighted by atomic mass is 16.6. The lowest BCUT2D eigenvalue weighted by molar-refractivity contribution is -0.148. The normalized spacial score (nSPS) is 28.0. The van der Waals surface area contributed by atoms with Crippen LogP contribution in [0.25, 0.3) is 0 Å². The van der Waals surface area contributed by atoms with Gasteiger partial charge in [-0.1, -0.05) is 30.8 Å². The molecular formula is C14H14O2. The predicted molar refractivity (Wildman–Crippen MR) is 60.9 cm³/mol. The Labute approximate surface area is 94.9 Å². The summed E-state index contributed by atoms with van der Waals surface area (Å²) in [6.07, 6.45) is 3.75. The van der Waals surface area contributed by atoms with Gasteiger partial charge in [0.1, 0.15) is 5.60 Å². The molecule has 1 atom stereocenters. The minimum Gasteiger partial charge on any atom is -0.450 e. The fourth-order valence-corrected chi connectivity index (χ4v) is 2.87. The molecule has 0 amide bonds. The average molecular weight is 214 g/mol. The Kier molecular flexibility index (Phi) is 1.93. The third kappa shape index (κ3) is 1.22. The van der Waals surface area contributed by atoms with E-state index in [4.69, 9.17) is 4.74 Å². The van der Waals surface area contributed by atoms with Gasteiger partial charge in [0.05, 0.1) is 0 Å². The van der Waals surface area contributed by atoms with Crippen molar-refractivity contribution in [1.82, 2.24) is 0 Å². The molecule has 2 aliphatic rings. The lowest BCUT2D eigenvalue weighted by Gasteiger charge is -2.33. The van der Waals surface area contributed by atoms with E-state index in [0.29, 0.717) is 12.0 Å². The summed E-state index contributed by atoms with van der Waals surface area (Å²) in [5, 5.41) is 0. The van der Waals surface area contributed by atoms with Crippen molar-refractivity contribution in [2.75, 3.05) is 0 Å². The standard InChI is InChI=1S/C14H14O2/c1-10-9-14(16-13(10)15)8-4-6-11-5-2-3-7-12(11)14/h2-3,5,7H,1,4,6,8-9H2/t14-/m0/s1. The van der Waals surface area contributed by atoms with E-state index < -0.39 is 5.60 Å². The molecule has 1 aliphatic carbocycles. The Balaban J connectivity index is 2.11. The molecule has 1 aromatic rings. The second-order valence-corrected chi connectivity index (χ2v) is 4.67. The van der Waals surface area contributed by atoms with Gasteiger partial charge in [-0.05, 0) is 30.4 Å². The van der Waals surface area contributed by atoms with Crippen LogP contribution in [-0.2, 0) is 21.6 Å². The van der Waals surface area contributed by atoms with Crippen LogP contribution in [0, 0.1) is 0 Å². The second kappa shape index (κ2) is 3.21. The van der Waals surface area contributed by atoms with Gasteiger partial charge in [0.25, 0.3) is 0 Å². The zero-order valence-corrected chi connectivity index (χ0v) is 9.16. The van der Waals surface area contributed by atoms with Gasteiger partial charge >= 0.3 is 5.97 Å². The lowest BCUT2D eigenvalue weighted by atomic mass is 9.77. The number of esters is 1. The van der Waals surface area contributed by atoms with Crippen molar-refractivity contribution in [3.63, 3.8) is 0 Å². The Bertz CT molecular complexity index is 457. The third-order valence-electron chi connectivity index (χ3n) is 3.61. The molecule has 0 unspecified atom stereocenters. The lowest BCUT2D eigenvalue weighted by Crippen LogP contribution is -2.30. The van der Waals surface area contributed by atoms with Gasteiger partial charge in [0, 0.05) is 12.0 Å². The average Bonchev–Trinajstić information content (AvgIpc) is 2.56. The molecule has 2 heteroatoms. The summed E-state index contributed by atoms with van der Waals surface area (Å²) < 4.78 is 5.59. The molecule has 1 spiro atoms. The topological polar surface area (TPSA) is 26.3 Å². The molecule has 16 heavy (non-hydrogen) atoms. The minimum atomic E-state index is -0.400. The summed E-state index contributed by atoms with van der Waals surface area (Å²) in [5.41, 5.74) is 2.71. The molecule has 3 rings (SSSR count). The van der Waals surface area contributed by atoms with Crippen LogP contribution in [0.3, 0.4) is 0 Å². The monoisotopic (exact) mass is 214 g/mol. The molecule has 1 fully saturated rings. The summed E-state index contributed by atoms with van der Waals surface area (Å²) in [6, 6.07) is 8.27. The first-order chi connectivity index (χ1) is 7.71. The van der Waals surface area contributed by atoms with Crippen LogP contribution in [0.1, 0.15) is 30.4 Å². The highest BCUT2D eigenvalue weighted by Crippen LogP contribution is 2.46. The van der Waals surface area contributed by atoms with Gasteiger partial charge in [-0.25, -0.2) is 4.79 Å². The van der Waals surface area contributed by atoms with E-state index in [1.165, 1.54) is 11.1 Å². The largest absolute Gasteiger partial charge is 0.450 e. The van der Waals surface area contributed by atoms with Gasteiger partial charge in [0.15, 0.2) is 0 Å². The quantitative estimate of drug-likeness (QED) is 0.490. The summed E-state index contributed by atoms with van der Waals surface area (Å²) in [7, 11) is 0. The smallest absolute Gasteiger partial charge is 0.334 e. The van der Waals surface area contributed by atoms with Crippen LogP contribution in [0.4, 0.5) is 0 Å². The number of benzene rings is 1. The van der Waals surface area contributed by atoms with Gasteiger partial charge in [-0.15, -0.1) is 0 Å². The van der Waals surface area contributed by atoms with E-state index in [-0.39, 0.29) is 5.97 Å². The van der Waals surface area contributed by atoms with E-state index in [1.807, 2.05) is 12.1 Å². The number of hydrogen-bond acceptors (Lipinski definition) is 2. The molecule has 0 N–H and O–H groups in total. The van der Waals surface area contributed by atoms with E-state index in [1.54, 1.807) is 0 Å². The molecule has 1 heterocycles. The number of carbonyl (C=O) groups excluding carboxylic acids is 1. The van der Waals surface area contributed by atoms with Crippen molar-refractivity contribution in [1.29, 1.82) is 0 Å². The maximum Gasteiger partial charge on any atom is 0.334 e. The molecular weight excluding hydrogens is 200 g/mol. The molecule has 0 bridgehead atoms. The van der Waals surface area contributed by atoms with Crippen LogP contribution in [-0.4, -0.2) is 5.97 Å². The zero-order chi connectivity index (χ0) is 11.2. The molecule has 0 radical (unpaired) electrons. The van der Waals surface area contributed by atoms with Crippen molar-refractivity contribution in [2.24, 2.45) is 0 Å². The molecule has 0 aromatic heterocycles. The fourth-order valence-electron chi connectivity index (χ4n) is 2.87. The van der Waals surface area contributed by atoms with Gasteiger partial charge < -0.3 is 4.74 Å². The molecule has 1 aliphatic heterocycles. The van der Waals surface area contributed by atoms with Crippen LogP contribution in [0.15, 0.2) is 36.4 Å². The van der Waals surface area contributed by atoms with Crippen molar-refractivity contribution in [3.8, 4) is 0 Å². The summed E-state index contributed by atoms with van der Waals surface area (Å²) in [6.45, 7) is 3.78. The SMILES string of the molecule is C=C1C[C@]2(CCCc3ccccc32)OC1=O. The number of ether oxygens (including phenoxy) is 1. The highest BCUT2D eigenvalue weighted by molar-refractivity contribution is 5.90. The maximum absolute atomic E-state index is 11.5. The summed E-state index contributed by atoms with van der Waals surface area (Å²) in [5.74, 6) is -0.225. The maximum atomic E-state index is 11.5. The van der Waals surface area contributed by atoms with Crippen LogP contribution in [0.2, 0.25) is 0 Å². The Hall–Kier alpha value is -1.57. The van der Waals surface area contributed by atoms with Crippen molar-refractivity contribution < 1.29 is 9.53 Å². The van der Waals surface area contributed by atoms with Gasteiger partial charge in [-0.3, -0.25) is 0 Å². The first-order valence-electron chi connectivity index (χ1n) is 5.71. The number of carbonyl (C=O) groups is 1. The Morgan fingerprint density at radius 3 is 2.88 bits per heavy atom. The van der Waals surface area contributed by atoms with Gasteiger partial charge in [-0.2, -0.15) is 0 Å². The van der Waals surface area contributed by atoms with Crippen molar-refractivity contribution in [3.05, 3.63) is 47.5 Å². The second-order valence-electron chi connectivity index (χ2n) is 4.67. The third-order valence-corrected chi connectivity index (χ3v) is 3.61. The summed E-state index contributed by atoms with van der Waals surface area (Å²) in [4.78, 5) is 11.5. The number of hydrogen-bond donors (Lipinski definition) is 0. The number of rotatable bonds is 0. The van der Waals surface area contributed by atoms with E-state index in [0.717, 1.165) is 19.3 Å². The summed E-state index contributed by atoms with van der Waals surface area (Å²) >= 11 is 0. The van der Waals surface area contributed by atoms with Crippen LogP contribution in [0.5, 0.6) is 0 Å². The highest BCUT2D eigenvalue weighted by Gasteiger charge is 2.46. The molecule has 82 valence electrons. The number of aryl methyl sites for hydroxylation is 1. The van der Waals surface area contributed by atoms with Crippen molar-refractivity contribution >= 4 is 5.97 Å². The van der Waals surface area contributed by atoms with Crippen LogP contribution >= 0.6 is 0 Å². The zero-order valence-electron chi connectivity index (χ0n) is 9.16. The first-order valence-corrected chi connectivity index (χ1v) is 5.71. The molecule has 0 saturated carbocycles. The predicted octanol–water partition coefficient (Wildman–Crippen LogP) is 2.72. The number of fused-ring (bicyclic) bond motifs is 2. The Morgan fingerprint density at radius 2 is 2.12 bits per heavy atom. The Morgan fingerprint density at radius 1 is 1.31 bits per heavy atom. The van der Waals surface area contributed by atoms with E-state index in [2.05, 4.69) is 18.7 Å². The minimum absolute atomic E-state index is 0.225. The fraction of sp³-hybridized carbons (Fsp3) is 0.357. The first kappa shape index (κ1) is 9.64. The van der Waals surface area contributed by atoms with Crippen LogP contribution < -0.4 is 0 Å². The van der Waals surface area contributed by atoms with Crippen molar-refractivity contribution in [2.45, 2.75) is 31.3 Å². The molecule has 1 aromatic carbocycles.